The first-order valence-corrected chi connectivity index (χ1v) is 11.6. The fourth-order valence-electron chi connectivity index (χ4n) is 3.47. The monoisotopic (exact) mass is 474 g/mol. The van der Waals surface area contributed by atoms with Crippen molar-refractivity contribution >= 4 is 21.7 Å². The number of alkyl halides is 3. The molecule has 0 bridgehead atoms. The number of anilines is 1. The minimum absolute atomic E-state index is 0.0379. The molecular formula is C20H25F3N4O4S. The molecule has 1 amide bonds. The fraction of sp³-hybridized carbons (Fsp3) is 0.500. The standard InChI is InChI=1S/C20H25F3N4O4S/c1-15-12-18(25-31-15)24-19(28)14-27(11-10-26-8-3-2-4-9-26)32(29,30)17-7-5-6-16(13-17)20(21,22)23/h5-7,12-13H,2-4,8-11,14H2,1H3,(H,24,25,28). The van der Waals surface area contributed by atoms with Gasteiger partial charge in [0, 0.05) is 19.2 Å². The molecule has 1 saturated heterocycles. The lowest BCUT2D eigenvalue weighted by Crippen LogP contribution is -2.43. The third kappa shape index (κ3) is 6.30. The van der Waals surface area contributed by atoms with Gasteiger partial charge >= 0.3 is 6.18 Å². The normalized spacial score (nSPS) is 15.8. The highest BCUT2D eigenvalue weighted by molar-refractivity contribution is 7.89. The number of benzene rings is 1. The van der Waals surface area contributed by atoms with Crippen molar-refractivity contribution in [3.63, 3.8) is 0 Å². The lowest BCUT2D eigenvalue weighted by Gasteiger charge is -2.29. The minimum atomic E-state index is -4.69. The first kappa shape index (κ1) is 24.2. The van der Waals surface area contributed by atoms with Crippen LogP contribution >= 0.6 is 0 Å². The van der Waals surface area contributed by atoms with E-state index in [-0.39, 0.29) is 12.4 Å². The summed E-state index contributed by atoms with van der Waals surface area (Å²) in [5.41, 5.74) is -1.07. The summed E-state index contributed by atoms with van der Waals surface area (Å²) in [6.07, 6.45) is -1.60. The van der Waals surface area contributed by atoms with Gasteiger partial charge in [-0.1, -0.05) is 17.6 Å². The molecule has 0 aliphatic carbocycles. The molecule has 3 rings (SSSR count). The molecule has 1 aromatic heterocycles. The van der Waals surface area contributed by atoms with Crippen LogP contribution in [0.2, 0.25) is 0 Å². The van der Waals surface area contributed by atoms with Gasteiger partial charge in [0.25, 0.3) is 0 Å². The number of sulfonamides is 1. The highest BCUT2D eigenvalue weighted by Gasteiger charge is 2.33. The average Bonchev–Trinajstić information content (AvgIpc) is 3.15. The SMILES string of the molecule is Cc1cc(NC(=O)CN(CCN2CCCCC2)S(=O)(=O)c2cccc(C(F)(F)F)c2)no1. The van der Waals surface area contributed by atoms with Crippen LogP contribution in [0, 0.1) is 6.92 Å². The van der Waals surface area contributed by atoms with Crippen LogP contribution in [0.4, 0.5) is 19.0 Å². The van der Waals surface area contributed by atoms with E-state index in [4.69, 9.17) is 4.52 Å². The summed E-state index contributed by atoms with van der Waals surface area (Å²) in [5, 5.41) is 6.08. The molecule has 0 spiro atoms. The molecule has 2 heterocycles. The van der Waals surface area contributed by atoms with Crippen molar-refractivity contribution in [3.05, 3.63) is 41.7 Å². The summed E-state index contributed by atoms with van der Waals surface area (Å²) < 4.78 is 71.5. The highest BCUT2D eigenvalue weighted by Crippen LogP contribution is 2.31. The van der Waals surface area contributed by atoms with E-state index in [1.807, 2.05) is 0 Å². The number of hydrogen-bond donors (Lipinski definition) is 1. The van der Waals surface area contributed by atoms with Gasteiger partial charge in [0.1, 0.15) is 5.76 Å². The van der Waals surface area contributed by atoms with Crippen molar-refractivity contribution in [3.8, 4) is 0 Å². The van der Waals surface area contributed by atoms with Gasteiger partial charge < -0.3 is 14.7 Å². The summed E-state index contributed by atoms with van der Waals surface area (Å²) in [6.45, 7) is 3.01. The van der Waals surface area contributed by atoms with Crippen molar-refractivity contribution < 1.29 is 30.9 Å². The van der Waals surface area contributed by atoms with Crippen LogP contribution in [0.5, 0.6) is 0 Å². The van der Waals surface area contributed by atoms with Gasteiger partial charge in [-0.15, -0.1) is 0 Å². The van der Waals surface area contributed by atoms with Gasteiger partial charge in [-0.3, -0.25) is 4.79 Å². The maximum atomic E-state index is 13.2. The molecule has 1 aliphatic heterocycles. The molecule has 1 N–H and O–H groups in total. The molecule has 0 radical (unpaired) electrons. The number of likely N-dealkylation sites (tertiary alicyclic amines) is 1. The third-order valence-corrected chi connectivity index (χ3v) is 6.97. The van der Waals surface area contributed by atoms with Crippen LogP contribution in [0.15, 0.2) is 39.8 Å². The number of nitrogens with one attached hydrogen (secondary N) is 1. The van der Waals surface area contributed by atoms with Crippen molar-refractivity contribution in [2.75, 3.05) is 38.0 Å². The van der Waals surface area contributed by atoms with Crippen LogP contribution in [-0.2, 0) is 21.0 Å². The van der Waals surface area contributed by atoms with Crippen LogP contribution in [-0.4, -0.2) is 61.4 Å². The molecular weight excluding hydrogens is 449 g/mol. The molecule has 1 fully saturated rings. The number of carbonyl (C=O) groups is 1. The maximum Gasteiger partial charge on any atom is 0.416 e. The van der Waals surface area contributed by atoms with E-state index in [0.29, 0.717) is 18.4 Å². The topological polar surface area (TPSA) is 95.8 Å². The highest BCUT2D eigenvalue weighted by atomic mass is 32.2. The predicted molar refractivity (Wildman–Crippen MR) is 110 cm³/mol. The maximum absolute atomic E-state index is 13.2. The molecule has 1 aliphatic rings. The van der Waals surface area contributed by atoms with Crippen molar-refractivity contribution in [1.82, 2.24) is 14.4 Å². The first-order valence-electron chi connectivity index (χ1n) is 10.2. The summed E-state index contributed by atoms with van der Waals surface area (Å²) in [5.74, 6) is -0.0914. The molecule has 0 atom stereocenters. The number of aromatic nitrogens is 1. The zero-order chi connectivity index (χ0) is 23.4. The Hall–Kier alpha value is -2.44. The summed E-state index contributed by atoms with van der Waals surface area (Å²) in [7, 11) is -4.36. The molecule has 1 aromatic carbocycles. The van der Waals surface area contributed by atoms with E-state index in [2.05, 4.69) is 15.4 Å². The zero-order valence-corrected chi connectivity index (χ0v) is 18.4. The van der Waals surface area contributed by atoms with Crippen molar-refractivity contribution in [1.29, 1.82) is 0 Å². The Morgan fingerprint density at radius 1 is 1.22 bits per heavy atom. The molecule has 176 valence electrons. The smallest absolute Gasteiger partial charge is 0.360 e. The minimum Gasteiger partial charge on any atom is -0.360 e. The van der Waals surface area contributed by atoms with E-state index in [1.165, 1.54) is 6.07 Å². The van der Waals surface area contributed by atoms with E-state index in [0.717, 1.165) is 54.9 Å². The summed E-state index contributed by atoms with van der Waals surface area (Å²) >= 11 is 0. The number of nitrogens with zero attached hydrogens (tertiary/aromatic N) is 3. The Morgan fingerprint density at radius 3 is 2.56 bits per heavy atom. The number of carbonyl (C=O) groups excluding carboxylic acids is 1. The van der Waals surface area contributed by atoms with Crippen molar-refractivity contribution in [2.24, 2.45) is 0 Å². The number of halogens is 3. The number of hydrogen-bond acceptors (Lipinski definition) is 6. The van der Waals surface area contributed by atoms with E-state index < -0.39 is 39.1 Å². The van der Waals surface area contributed by atoms with Crippen LogP contribution < -0.4 is 5.32 Å². The van der Waals surface area contributed by atoms with Gasteiger partial charge in [0.2, 0.25) is 15.9 Å². The second-order valence-corrected chi connectivity index (χ2v) is 9.58. The second-order valence-electron chi connectivity index (χ2n) is 7.64. The fourth-order valence-corrected chi connectivity index (χ4v) is 4.90. The largest absolute Gasteiger partial charge is 0.416 e. The lowest BCUT2D eigenvalue weighted by atomic mass is 10.1. The van der Waals surface area contributed by atoms with Gasteiger partial charge in [0.05, 0.1) is 17.0 Å². The molecule has 8 nitrogen and oxygen atoms in total. The van der Waals surface area contributed by atoms with E-state index in [1.54, 1.807) is 6.92 Å². The van der Waals surface area contributed by atoms with E-state index >= 15 is 0 Å². The van der Waals surface area contributed by atoms with Crippen LogP contribution in [0.1, 0.15) is 30.6 Å². The molecule has 0 unspecified atom stereocenters. The van der Waals surface area contributed by atoms with Crippen LogP contribution in [0.25, 0.3) is 0 Å². The van der Waals surface area contributed by atoms with Gasteiger partial charge in [0.15, 0.2) is 5.82 Å². The van der Waals surface area contributed by atoms with Crippen molar-refractivity contribution in [2.45, 2.75) is 37.3 Å². The second kappa shape index (κ2) is 10.0. The van der Waals surface area contributed by atoms with Crippen LogP contribution in [0.3, 0.4) is 0 Å². The van der Waals surface area contributed by atoms with E-state index in [9.17, 15) is 26.4 Å². The zero-order valence-electron chi connectivity index (χ0n) is 17.6. The van der Waals surface area contributed by atoms with Gasteiger partial charge in [-0.25, -0.2) is 8.42 Å². The Kier molecular flexibility index (Phi) is 7.57. The first-order chi connectivity index (χ1) is 15.1. The predicted octanol–water partition coefficient (Wildman–Crippen LogP) is 3.12. The number of piperidine rings is 1. The Bertz CT molecular complexity index is 1030. The molecule has 2 aromatic rings. The summed E-state index contributed by atoms with van der Waals surface area (Å²) in [6, 6.07) is 4.99. The van der Waals surface area contributed by atoms with Gasteiger partial charge in [-0.2, -0.15) is 17.5 Å². The number of aryl methyl sites for hydroxylation is 1. The Balaban J connectivity index is 1.81. The Morgan fingerprint density at radius 2 is 1.94 bits per heavy atom. The number of rotatable bonds is 8. The van der Waals surface area contributed by atoms with Gasteiger partial charge in [-0.05, 0) is 51.1 Å². The number of amides is 1. The quantitative estimate of drug-likeness (QED) is 0.632. The average molecular weight is 475 g/mol. The molecule has 12 heteroatoms. The third-order valence-electron chi connectivity index (χ3n) is 5.13. The summed E-state index contributed by atoms with van der Waals surface area (Å²) in [4.78, 5) is 14.1. The molecule has 0 saturated carbocycles. The molecule has 32 heavy (non-hydrogen) atoms. The Labute approximate surface area is 184 Å². The lowest BCUT2D eigenvalue weighted by molar-refractivity contribution is -0.137.